The average molecular weight is 572 g/mol. The lowest BCUT2D eigenvalue weighted by molar-refractivity contribution is -0.479. The van der Waals surface area contributed by atoms with E-state index in [1.807, 2.05) is 182 Å². The summed E-state index contributed by atoms with van der Waals surface area (Å²) in [7, 11) is -2.92. The van der Waals surface area contributed by atoms with Gasteiger partial charge in [0, 0.05) is 72.8 Å². The molecule has 0 atom stereocenters. The summed E-state index contributed by atoms with van der Waals surface area (Å²) < 4.78 is 13.3. The smallest absolute Gasteiger partial charge is 0.260 e. The summed E-state index contributed by atoms with van der Waals surface area (Å²) in [6.45, 7) is 0. The van der Waals surface area contributed by atoms with E-state index >= 15 is 0 Å². The molecule has 0 radical (unpaired) electrons. The predicted octanol–water partition coefficient (Wildman–Crippen LogP) is 6.08. The summed E-state index contributed by atoms with van der Waals surface area (Å²) in [6, 6.07) is 59.7. The molecular weight excluding hydrogens is 539 g/mol. The molecule has 0 saturated carbocycles. The van der Waals surface area contributed by atoms with Crippen LogP contribution in [0, 0.1) is 0 Å². The van der Waals surface area contributed by atoms with Crippen LogP contribution in [0.25, 0.3) is 0 Å². The van der Waals surface area contributed by atoms with Gasteiger partial charge in [-0.25, -0.2) is 0 Å². The Hall–Kier alpha value is -5.34. The van der Waals surface area contributed by atoms with Gasteiger partial charge in [0.1, 0.15) is 0 Å². The summed E-state index contributed by atoms with van der Waals surface area (Å²) in [4.78, 5) is 0. The van der Waals surface area contributed by atoms with E-state index in [2.05, 4.69) is 14.2 Å². The zero-order valence-corrected chi connectivity index (χ0v) is 23.5. The van der Waals surface area contributed by atoms with Gasteiger partial charge < -0.3 is 29.3 Å². The summed E-state index contributed by atoms with van der Waals surface area (Å²) in [5.74, 6) is 5.97. The molecule has 216 valence electrons. The van der Waals surface area contributed by atoms with Gasteiger partial charge in [-0.1, -0.05) is 109 Å². The Labute approximate surface area is 252 Å². The SMILES string of the molecule is [O-]B([O-])[O-].c1ccc([OH+]c2ccccc2)cc1.c1ccc([OH+]c2ccccc2)cc1.c1ccc([OH+]c2ccccc2)cc1. The fourth-order valence-electron chi connectivity index (χ4n) is 3.46. The van der Waals surface area contributed by atoms with Crippen molar-refractivity contribution in [3.8, 4) is 34.5 Å². The van der Waals surface area contributed by atoms with Crippen molar-refractivity contribution < 1.29 is 29.3 Å². The molecular formula is C36H33BO6. The fourth-order valence-corrected chi connectivity index (χ4v) is 3.46. The Morgan fingerprint density at radius 1 is 0.256 bits per heavy atom. The maximum atomic E-state index is 8.42. The van der Waals surface area contributed by atoms with Crippen molar-refractivity contribution in [2.75, 3.05) is 0 Å². The van der Waals surface area contributed by atoms with Crippen LogP contribution in [-0.4, -0.2) is 21.5 Å². The first-order chi connectivity index (χ1) is 21.1. The molecule has 0 bridgehead atoms. The molecule has 6 aromatic carbocycles. The second-order valence-electron chi connectivity index (χ2n) is 8.64. The highest BCUT2D eigenvalue weighted by molar-refractivity contribution is 6.24. The Bertz CT molecular complexity index is 1190. The Balaban J connectivity index is 0.000000166. The number of aromatic hydroxyl groups is 6. The van der Waals surface area contributed by atoms with E-state index in [1.165, 1.54) is 0 Å². The van der Waals surface area contributed by atoms with Crippen LogP contribution in [0.15, 0.2) is 182 Å². The Morgan fingerprint density at radius 2 is 0.372 bits per heavy atom. The topological polar surface area (TPSA) is 108 Å². The quantitative estimate of drug-likeness (QED) is 0.178. The van der Waals surface area contributed by atoms with Gasteiger partial charge in [-0.05, 0) is 0 Å². The van der Waals surface area contributed by atoms with Gasteiger partial charge in [0.05, 0.1) is 0 Å². The number of hydrogen-bond donors (Lipinski definition) is 0. The van der Waals surface area contributed by atoms with Crippen LogP contribution in [0.5, 0.6) is 34.5 Å². The molecule has 3 N–H and O–H groups in total. The highest BCUT2D eigenvalue weighted by atomic mass is 16.5. The van der Waals surface area contributed by atoms with Crippen molar-refractivity contribution in [3.63, 3.8) is 0 Å². The van der Waals surface area contributed by atoms with Crippen LogP contribution in [-0.2, 0) is 0 Å². The van der Waals surface area contributed by atoms with Gasteiger partial charge in [-0.3, -0.25) is 7.32 Å². The van der Waals surface area contributed by atoms with Gasteiger partial charge in [0.2, 0.25) is 0 Å². The molecule has 0 heterocycles. The summed E-state index contributed by atoms with van der Waals surface area (Å²) >= 11 is 0. The van der Waals surface area contributed by atoms with E-state index in [0.29, 0.717) is 0 Å². The zero-order valence-electron chi connectivity index (χ0n) is 23.5. The minimum atomic E-state index is -2.92. The van der Waals surface area contributed by atoms with Crippen LogP contribution in [0.4, 0.5) is 0 Å². The van der Waals surface area contributed by atoms with E-state index < -0.39 is 7.32 Å². The van der Waals surface area contributed by atoms with Crippen LogP contribution >= 0.6 is 0 Å². The molecule has 0 aliphatic heterocycles. The molecule has 0 fully saturated rings. The monoisotopic (exact) mass is 572 g/mol. The normalized spacial score (nSPS) is 9.28. The third kappa shape index (κ3) is 14.7. The Kier molecular flexibility index (Phi) is 14.7. The molecule has 6 aromatic rings. The minimum Gasteiger partial charge on any atom is -0.907 e. The predicted molar refractivity (Wildman–Crippen MR) is 168 cm³/mol. The molecule has 0 unspecified atom stereocenters. The molecule has 0 aliphatic rings. The number of benzene rings is 6. The standard InChI is InChI=1S/3C12H10O.BO3/c3*1-3-7-11(8-4-1)13-12-9-5-2-6-10-12;2-1(3)4/h3*1-10H;/q;;;-3/p+3. The van der Waals surface area contributed by atoms with Crippen LogP contribution in [0.3, 0.4) is 0 Å². The lowest BCUT2D eigenvalue weighted by atomic mass is 10.3. The van der Waals surface area contributed by atoms with Crippen molar-refractivity contribution in [1.29, 1.82) is 0 Å². The van der Waals surface area contributed by atoms with Crippen molar-refractivity contribution in [2.45, 2.75) is 0 Å². The van der Waals surface area contributed by atoms with Gasteiger partial charge in [0.15, 0.2) is 0 Å². The maximum absolute atomic E-state index is 8.42. The lowest BCUT2D eigenvalue weighted by Crippen LogP contribution is -2.56. The molecule has 7 heteroatoms. The highest BCUT2D eigenvalue weighted by Crippen LogP contribution is 2.23. The summed E-state index contributed by atoms with van der Waals surface area (Å²) in [5, 5.41) is 25.2. The van der Waals surface area contributed by atoms with E-state index in [-0.39, 0.29) is 0 Å². The molecule has 6 rings (SSSR count). The highest BCUT2D eigenvalue weighted by Gasteiger charge is 2.00. The third-order valence-electron chi connectivity index (χ3n) is 5.31. The number of para-hydroxylation sites is 6. The fraction of sp³-hybridized carbons (Fsp3) is 0. The maximum Gasteiger partial charge on any atom is 0.260 e. The molecule has 0 aromatic heterocycles. The van der Waals surface area contributed by atoms with Gasteiger partial charge in [-0.2, -0.15) is 0 Å². The summed E-state index contributed by atoms with van der Waals surface area (Å²) in [6.07, 6.45) is 0. The molecule has 0 spiro atoms. The first kappa shape index (κ1) is 32.2. The minimum absolute atomic E-state index is 0.994. The number of hydrogen-bond acceptors (Lipinski definition) is 3. The van der Waals surface area contributed by atoms with Crippen molar-refractivity contribution in [3.05, 3.63) is 182 Å². The van der Waals surface area contributed by atoms with E-state index in [1.54, 1.807) is 0 Å². The number of rotatable bonds is 6. The van der Waals surface area contributed by atoms with Gasteiger partial charge in [0.25, 0.3) is 34.5 Å². The third-order valence-corrected chi connectivity index (χ3v) is 5.31. The van der Waals surface area contributed by atoms with Crippen molar-refractivity contribution >= 4 is 7.32 Å². The molecule has 43 heavy (non-hydrogen) atoms. The molecule has 0 amide bonds. The van der Waals surface area contributed by atoms with E-state index in [4.69, 9.17) is 15.1 Å². The van der Waals surface area contributed by atoms with Gasteiger partial charge >= 0.3 is 0 Å². The van der Waals surface area contributed by atoms with Crippen molar-refractivity contribution in [2.24, 2.45) is 0 Å². The van der Waals surface area contributed by atoms with Crippen LogP contribution in [0.1, 0.15) is 0 Å². The molecule has 6 nitrogen and oxygen atoms in total. The summed E-state index contributed by atoms with van der Waals surface area (Å²) in [5.41, 5.74) is 0. The first-order valence-corrected chi connectivity index (χ1v) is 13.5. The van der Waals surface area contributed by atoms with Crippen LogP contribution in [0.2, 0.25) is 0 Å². The lowest BCUT2D eigenvalue weighted by Gasteiger charge is -2.35. The van der Waals surface area contributed by atoms with E-state index in [0.717, 1.165) is 34.5 Å². The largest absolute Gasteiger partial charge is 0.907 e. The second kappa shape index (κ2) is 19.7. The molecule has 0 aliphatic carbocycles. The van der Waals surface area contributed by atoms with Gasteiger partial charge in [-0.15, -0.1) is 0 Å². The van der Waals surface area contributed by atoms with E-state index in [9.17, 15) is 0 Å². The van der Waals surface area contributed by atoms with Crippen LogP contribution < -0.4 is 15.1 Å². The first-order valence-electron chi connectivity index (χ1n) is 13.5. The Morgan fingerprint density at radius 3 is 0.488 bits per heavy atom. The van der Waals surface area contributed by atoms with Crippen molar-refractivity contribution in [1.82, 2.24) is 0 Å². The zero-order chi connectivity index (χ0) is 30.4. The number of ether oxygens (including phenoxy) is 3. The average Bonchev–Trinajstić information content (AvgIpc) is 3.05. The second-order valence-corrected chi connectivity index (χ2v) is 8.64. The molecule has 0 saturated heterocycles.